The maximum absolute atomic E-state index is 11.9. The molecule has 0 saturated heterocycles. The average molecular weight is 321 g/mol. The fourth-order valence-corrected chi connectivity index (χ4v) is 2.30. The number of carbonyl (C=O) groups is 1. The van der Waals surface area contributed by atoms with E-state index in [1.807, 2.05) is 6.20 Å². The first-order valence-corrected chi connectivity index (χ1v) is 7.60. The fraction of sp³-hybridized carbons (Fsp3) is 0.400. The minimum absolute atomic E-state index is 0.104. The summed E-state index contributed by atoms with van der Waals surface area (Å²) in [6.45, 7) is 0.248. The van der Waals surface area contributed by atoms with Crippen LogP contribution >= 0.6 is 11.6 Å². The molecule has 22 heavy (non-hydrogen) atoms. The number of amides is 1. The lowest BCUT2D eigenvalue weighted by Gasteiger charge is -2.12. The Morgan fingerprint density at radius 2 is 2.14 bits per heavy atom. The summed E-state index contributed by atoms with van der Waals surface area (Å²) in [4.78, 5) is 11.9. The molecule has 0 bridgehead atoms. The molecule has 116 valence electrons. The van der Waals surface area contributed by atoms with E-state index in [4.69, 9.17) is 11.6 Å². The second kappa shape index (κ2) is 6.46. The lowest BCUT2D eigenvalue weighted by atomic mass is 10.1. The molecule has 1 aromatic heterocycles. The highest BCUT2D eigenvalue weighted by atomic mass is 35.5. The summed E-state index contributed by atoms with van der Waals surface area (Å²) in [5.41, 5.74) is 1.66. The van der Waals surface area contributed by atoms with Crippen molar-refractivity contribution in [1.29, 1.82) is 0 Å². The van der Waals surface area contributed by atoms with Crippen molar-refractivity contribution in [2.75, 3.05) is 6.54 Å². The third-order valence-corrected chi connectivity index (χ3v) is 3.86. The zero-order valence-electron chi connectivity index (χ0n) is 11.9. The molecule has 1 saturated carbocycles. The second-order valence-corrected chi connectivity index (χ2v) is 5.92. The van der Waals surface area contributed by atoms with Gasteiger partial charge in [0.1, 0.15) is 6.54 Å². The van der Waals surface area contributed by atoms with E-state index in [2.05, 4.69) is 15.6 Å². The Balaban J connectivity index is 1.47. The summed E-state index contributed by atoms with van der Waals surface area (Å²) < 4.78 is 1.53. The van der Waals surface area contributed by atoms with Crippen molar-refractivity contribution in [2.45, 2.75) is 31.4 Å². The highest BCUT2D eigenvalue weighted by Gasteiger charge is 2.26. The molecule has 1 atom stereocenters. The molecule has 0 radical (unpaired) electrons. The van der Waals surface area contributed by atoms with Crippen molar-refractivity contribution in [3.05, 3.63) is 46.7 Å². The smallest absolute Gasteiger partial charge is 0.241 e. The van der Waals surface area contributed by atoms with Gasteiger partial charge in [-0.1, -0.05) is 28.9 Å². The van der Waals surface area contributed by atoms with Crippen molar-refractivity contribution in [1.82, 2.24) is 20.3 Å². The average Bonchev–Trinajstić information content (AvgIpc) is 3.26. The number of aliphatic hydroxyl groups is 1. The van der Waals surface area contributed by atoms with Crippen LogP contribution in [0.5, 0.6) is 0 Å². The quantitative estimate of drug-likeness (QED) is 0.848. The number of aliphatic hydroxyl groups excluding tert-OH is 1. The summed E-state index contributed by atoms with van der Waals surface area (Å²) in [5, 5.41) is 21.3. The molecule has 1 fully saturated rings. The van der Waals surface area contributed by atoms with E-state index >= 15 is 0 Å². The van der Waals surface area contributed by atoms with E-state index < -0.39 is 6.10 Å². The Bertz CT molecular complexity index is 652. The maximum atomic E-state index is 11.9. The number of carbonyl (C=O) groups excluding carboxylic acids is 1. The predicted octanol–water partition coefficient (Wildman–Crippen LogP) is 1.66. The minimum Gasteiger partial charge on any atom is -0.387 e. The van der Waals surface area contributed by atoms with Crippen molar-refractivity contribution in [3.63, 3.8) is 0 Å². The standard InChI is InChI=1S/C15H17ClN4O2/c16-12-5-3-11(4-6-12)14(21)7-17-15(22)9-20-8-13(18-19-20)10-1-2-10/h3-6,8,10,14,21H,1-2,7,9H2,(H,17,22). The van der Waals surface area contributed by atoms with Gasteiger partial charge < -0.3 is 10.4 Å². The largest absolute Gasteiger partial charge is 0.387 e. The Hall–Kier alpha value is -1.92. The number of benzene rings is 1. The van der Waals surface area contributed by atoms with Crippen molar-refractivity contribution in [3.8, 4) is 0 Å². The van der Waals surface area contributed by atoms with Gasteiger partial charge in [0.25, 0.3) is 0 Å². The van der Waals surface area contributed by atoms with Crippen LogP contribution in [0.1, 0.15) is 36.1 Å². The molecule has 2 aromatic rings. The van der Waals surface area contributed by atoms with Gasteiger partial charge in [0.2, 0.25) is 5.91 Å². The number of aromatic nitrogens is 3. The number of nitrogens with one attached hydrogen (secondary N) is 1. The lowest BCUT2D eigenvalue weighted by molar-refractivity contribution is -0.122. The molecule has 1 amide bonds. The van der Waals surface area contributed by atoms with E-state index in [0.29, 0.717) is 16.5 Å². The number of nitrogens with zero attached hydrogens (tertiary/aromatic N) is 3. The van der Waals surface area contributed by atoms with Crippen LogP contribution in [0.3, 0.4) is 0 Å². The van der Waals surface area contributed by atoms with Crippen LogP contribution in [-0.2, 0) is 11.3 Å². The van der Waals surface area contributed by atoms with Gasteiger partial charge in [-0.25, -0.2) is 4.68 Å². The van der Waals surface area contributed by atoms with Crippen LogP contribution in [0.4, 0.5) is 0 Å². The van der Waals surface area contributed by atoms with Gasteiger partial charge in [-0.2, -0.15) is 0 Å². The fourth-order valence-electron chi connectivity index (χ4n) is 2.17. The van der Waals surface area contributed by atoms with E-state index in [1.54, 1.807) is 24.3 Å². The Kier molecular flexibility index (Phi) is 4.40. The second-order valence-electron chi connectivity index (χ2n) is 5.49. The van der Waals surface area contributed by atoms with Crippen LogP contribution in [-0.4, -0.2) is 32.6 Å². The van der Waals surface area contributed by atoms with Gasteiger partial charge in [0, 0.05) is 23.7 Å². The molecule has 1 aromatic carbocycles. The Morgan fingerprint density at radius 3 is 2.82 bits per heavy atom. The first kappa shape index (κ1) is 15.0. The zero-order chi connectivity index (χ0) is 15.5. The summed E-state index contributed by atoms with van der Waals surface area (Å²) in [6.07, 6.45) is 3.35. The molecule has 0 aliphatic heterocycles. The van der Waals surface area contributed by atoms with E-state index in [9.17, 15) is 9.90 Å². The molecule has 7 heteroatoms. The summed E-state index contributed by atoms with van der Waals surface area (Å²) >= 11 is 5.80. The Morgan fingerprint density at radius 1 is 1.41 bits per heavy atom. The molecule has 1 unspecified atom stereocenters. The van der Waals surface area contributed by atoms with Crippen molar-refractivity contribution < 1.29 is 9.90 Å². The van der Waals surface area contributed by atoms with Crippen molar-refractivity contribution in [2.24, 2.45) is 0 Å². The van der Waals surface area contributed by atoms with Crippen LogP contribution in [0.25, 0.3) is 0 Å². The third-order valence-electron chi connectivity index (χ3n) is 3.60. The van der Waals surface area contributed by atoms with Crippen molar-refractivity contribution >= 4 is 17.5 Å². The normalized spacial score (nSPS) is 15.5. The zero-order valence-corrected chi connectivity index (χ0v) is 12.7. The first-order chi connectivity index (χ1) is 10.6. The molecule has 1 aliphatic rings. The minimum atomic E-state index is -0.765. The summed E-state index contributed by atoms with van der Waals surface area (Å²) in [7, 11) is 0. The Labute approximate surface area is 133 Å². The summed E-state index contributed by atoms with van der Waals surface area (Å²) in [6, 6.07) is 6.88. The number of halogens is 1. The molecule has 1 aliphatic carbocycles. The number of hydrogen-bond acceptors (Lipinski definition) is 4. The third kappa shape index (κ3) is 3.84. The maximum Gasteiger partial charge on any atom is 0.241 e. The van der Waals surface area contributed by atoms with E-state index in [1.165, 1.54) is 4.68 Å². The molecule has 6 nitrogen and oxygen atoms in total. The monoisotopic (exact) mass is 320 g/mol. The van der Waals surface area contributed by atoms with Gasteiger partial charge in [-0.05, 0) is 30.5 Å². The molecular weight excluding hydrogens is 304 g/mol. The van der Waals surface area contributed by atoms with Gasteiger partial charge >= 0.3 is 0 Å². The lowest BCUT2D eigenvalue weighted by Crippen LogP contribution is -2.31. The van der Waals surface area contributed by atoms with Gasteiger partial charge in [-0.3, -0.25) is 4.79 Å². The van der Waals surface area contributed by atoms with Gasteiger partial charge in [0.05, 0.1) is 11.8 Å². The SMILES string of the molecule is O=C(Cn1cc(C2CC2)nn1)NCC(O)c1ccc(Cl)cc1. The van der Waals surface area contributed by atoms with Crippen LogP contribution in [0, 0.1) is 0 Å². The van der Waals surface area contributed by atoms with Gasteiger partial charge in [0.15, 0.2) is 0 Å². The van der Waals surface area contributed by atoms with E-state index in [-0.39, 0.29) is 19.0 Å². The number of rotatable bonds is 6. The van der Waals surface area contributed by atoms with Crippen LogP contribution in [0.15, 0.2) is 30.5 Å². The molecule has 3 rings (SSSR count). The summed E-state index contributed by atoms with van der Waals surface area (Å²) in [5.74, 6) is 0.309. The van der Waals surface area contributed by atoms with E-state index in [0.717, 1.165) is 18.5 Å². The predicted molar refractivity (Wildman–Crippen MR) is 81.4 cm³/mol. The number of hydrogen-bond donors (Lipinski definition) is 2. The molecule has 0 spiro atoms. The molecular formula is C15H17ClN4O2. The molecule has 2 N–H and O–H groups in total. The van der Waals surface area contributed by atoms with Gasteiger partial charge in [-0.15, -0.1) is 5.10 Å². The first-order valence-electron chi connectivity index (χ1n) is 7.22. The highest BCUT2D eigenvalue weighted by molar-refractivity contribution is 6.30. The highest BCUT2D eigenvalue weighted by Crippen LogP contribution is 2.38. The molecule has 1 heterocycles. The van der Waals surface area contributed by atoms with Crippen LogP contribution < -0.4 is 5.32 Å². The topological polar surface area (TPSA) is 80.0 Å². The van der Waals surface area contributed by atoms with Crippen LogP contribution in [0.2, 0.25) is 5.02 Å².